The Balaban J connectivity index is 1.57. The fraction of sp³-hybridized carbons (Fsp3) is 0.150. The zero-order chi connectivity index (χ0) is 23.1. The lowest BCUT2D eigenvalue weighted by Gasteiger charge is -2.31. The molecule has 1 amide bonds. The molecule has 0 radical (unpaired) electrons. The van der Waals surface area contributed by atoms with Crippen LogP contribution in [0.15, 0.2) is 53.6 Å². The van der Waals surface area contributed by atoms with E-state index >= 15 is 0 Å². The second-order valence-electron chi connectivity index (χ2n) is 7.60. The molecule has 0 fully saturated rings. The third-order valence-electron chi connectivity index (χ3n) is 4.64. The van der Waals surface area contributed by atoms with Crippen molar-refractivity contribution in [2.75, 3.05) is 21.7 Å². The van der Waals surface area contributed by atoms with Crippen molar-refractivity contribution >= 4 is 50.4 Å². The molecule has 0 atom stereocenters. The molecule has 2 aromatic carbocycles. The van der Waals surface area contributed by atoms with Crippen LogP contribution in [0.5, 0.6) is 5.75 Å². The molecule has 2 heterocycles. The van der Waals surface area contributed by atoms with Crippen LogP contribution in [0.3, 0.4) is 0 Å². The molecule has 0 saturated carbocycles. The Labute approximate surface area is 184 Å². The minimum Gasteiger partial charge on any atom is -0.476 e. The van der Waals surface area contributed by atoms with Gasteiger partial charge in [-0.15, -0.1) is 0 Å². The Bertz CT molecular complexity index is 1330. The van der Waals surface area contributed by atoms with Gasteiger partial charge in [-0.1, -0.05) is 6.07 Å². The number of nitrogens with zero attached hydrogens (tertiary/aromatic N) is 2. The average molecular weight is 456 g/mol. The summed E-state index contributed by atoms with van der Waals surface area (Å²) < 4.78 is 28.8. The molecule has 0 aliphatic carbocycles. The summed E-state index contributed by atoms with van der Waals surface area (Å²) in [5.74, 6) is 0.794. The van der Waals surface area contributed by atoms with Gasteiger partial charge >= 0.3 is 0 Å². The van der Waals surface area contributed by atoms with Gasteiger partial charge in [0.15, 0.2) is 11.4 Å². The van der Waals surface area contributed by atoms with Crippen LogP contribution in [-0.4, -0.2) is 29.9 Å². The van der Waals surface area contributed by atoms with Gasteiger partial charge in [-0.2, -0.15) is 4.98 Å². The van der Waals surface area contributed by atoms with Crippen LogP contribution >= 0.6 is 0 Å². The van der Waals surface area contributed by atoms with Gasteiger partial charge in [-0.3, -0.25) is 4.79 Å². The normalized spacial score (nSPS) is 14.7. The van der Waals surface area contributed by atoms with Crippen LogP contribution in [0, 0.1) is 0 Å². The zero-order valence-electron chi connectivity index (χ0n) is 17.2. The van der Waals surface area contributed by atoms with Gasteiger partial charge in [0, 0.05) is 11.4 Å². The third-order valence-corrected chi connectivity index (χ3v) is 5.55. The second kappa shape index (κ2) is 7.66. The van der Waals surface area contributed by atoms with Gasteiger partial charge < -0.3 is 26.4 Å². The number of nitrogens with two attached hydrogens (primary N) is 2. The molecule has 11 nitrogen and oxygen atoms in total. The maximum atomic E-state index is 12.2. The maximum Gasteiger partial charge on any atom is 0.268 e. The molecule has 0 spiro atoms. The third kappa shape index (κ3) is 4.40. The number of amides is 1. The molecule has 1 aromatic heterocycles. The van der Waals surface area contributed by atoms with E-state index in [4.69, 9.17) is 15.6 Å². The van der Waals surface area contributed by atoms with E-state index in [1.165, 1.54) is 18.3 Å². The van der Waals surface area contributed by atoms with E-state index in [1.807, 2.05) is 0 Å². The molecule has 166 valence electrons. The molecule has 0 saturated heterocycles. The molecule has 32 heavy (non-hydrogen) atoms. The SMILES string of the molecule is CC1(C)Oc2ccc(Nc3nc(Nc4cccc(S(N)(=O)=O)c4)ncc3N)cc2NC1=O. The smallest absolute Gasteiger partial charge is 0.268 e. The Hall–Kier alpha value is -3.90. The van der Waals surface area contributed by atoms with E-state index in [9.17, 15) is 13.2 Å². The number of nitrogen functional groups attached to an aromatic ring is 1. The molecule has 3 aromatic rings. The summed E-state index contributed by atoms with van der Waals surface area (Å²) in [6.45, 7) is 3.37. The predicted octanol–water partition coefficient (Wildman–Crippen LogP) is 2.30. The first kappa shape index (κ1) is 21.3. The van der Waals surface area contributed by atoms with E-state index in [0.717, 1.165) is 0 Å². The van der Waals surface area contributed by atoms with Crippen LogP contribution in [0.1, 0.15) is 13.8 Å². The van der Waals surface area contributed by atoms with Gasteiger partial charge in [0.05, 0.1) is 22.5 Å². The van der Waals surface area contributed by atoms with Gasteiger partial charge in [0.2, 0.25) is 16.0 Å². The zero-order valence-corrected chi connectivity index (χ0v) is 18.0. The summed E-state index contributed by atoms with van der Waals surface area (Å²) in [5.41, 5.74) is 6.89. The van der Waals surface area contributed by atoms with Crippen LogP contribution < -0.4 is 31.6 Å². The number of fused-ring (bicyclic) bond motifs is 1. The maximum absolute atomic E-state index is 12.2. The second-order valence-corrected chi connectivity index (χ2v) is 9.16. The first-order valence-corrected chi connectivity index (χ1v) is 11.0. The number of carbonyl (C=O) groups excluding carboxylic acids is 1. The fourth-order valence-electron chi connectivity index (χ4n) is 2.96. The van der Waals surface area contributed by atoms with E-state index in [2.05, 4.69) is 25.9 Å². The highest BCUT2D eigenvalue weighted by Gasteiger charge is 2.35. The molecule has 4 rings (SSSR count). The van der Waals surface area contributed by atoms with Crippen molar-refractivity contribution in [2.45, 2.75) is 24.3 Å². The number of hydrogen-bond acceptors (Lipinski definition) is 9. The van der Waals surface area contributed by atoms with Crippen LogP contribution in [0.2, 0.25) is 0 Å². The number of primary sulfonamides is 1. The highest BCUT2D eigenvalue weighted by Crippen LogP contribution is 2.36. The number of ether oxygens (including phenoxy) is 1. The number of carbonyl (C=O) groups is 1. The minimum atomic E-state index is -3.85. The van der Waals surface area contributed by atoms with Crippen molar-refractivity contribution in [3.8, 4) is 5.75 Å². The summed E-state index contributed by atoms with van der Waals surface area (Å²) in [4.78, 5) is 20.6. The van der Waals surface area contributed by atoms with Crippen molar-refractivity contribution in [1.29, 1.82) is 0 Å². The molecule has 1 aliphatic rings. The lowest BCUT2D eigenvalue weighted by Crippen LogP contribution is -2.45. The molecule has 12 heteroatoms. The minimum absolute atomic E-state index is 0.0437. The summed E-state index contributed by atoms with van der Waals surface area (Å²) in [7, 11) is -3.85. The molecule has 1 aliphatic heterocycles. The molecular formula is C20H21N7O4S. The number of nitrogens with one attached hydrogen (secondary N) is 3. The van der Waals surface area contributed by atoms with Crippen molar-refractivity contribution in [3.05, 3.63) is 48.7 Å². The van der Waals surface area contributed by atoms with Crippen molar-refractivity contribution < 1.29 is 17.9 Å². The first-order valence-electron chi connectivity index (χ1n) is 9.45. The van der Waals surface area contributed by atoms with Crippen LogP contribution in [0.4, 0.5) is 34.5 Å². The van der Waals surface area contributed by atoms with Crippen LogP contribution in [-0.2, 0) is 14.8 Å². The summed E-state index contributed by atoms with van der Waals surface area (Å²) in [6, 6.07) is 11.1. The van der Waals surface area contributed by atoms with Crippen molar-refractivity contribution in [1.82, 2.24) is 9.97 Å². The standard InChI is InChI=1S/C20H21N7O4S/c1-20(2)18(28)26-15-9-12(6-7-16(15)31-20)24-17-14(21)10-23-19(27-17)25-11-4-3-5-13(8-11)32(22,29)30/h3-10H,21H2,1-2H3,(H,26,28)(H2,22,29,30)(H2,23,24,25,27). The van der Waals surface area contributed by atoms with E-state index in [-0.39, 0.29) is 22.4 Å². The lowest BCUT2D eigenvalue weighted by atomic mass is 10.1. The molecule has 7 N–H and O–H groups in total. The largest absolute Gasteiger partial charge is 0.476 e. The average Bonchev–Trinajstić information content (AvgIpc) is 2.71. The quantitative estimate of drug-likeness (QED) is 0.386. The Morgan fingerprint density at radius 3 is 2.59 bits per heavy atom. The number of benzene rings is 2. The van der Waals surface area contributed by atoms with Gasteiger partial charge in [0.25, 0.3) is 5.91 Å². The molecule has 0 unspecified atom stereocenters. The number of rotatable bonds is 5. The van der Waals surface area contributed by atoms with Crippen molar-refractivity contribution in [3.63, 3.8) is 0 Å². The number of hydrogen-bond donors (Lipinski definition) is 5. The topological polar surface area (TPSA) is 174 Å². The Morgan fingerprint density at radius 1 is 1.09 bits per heavy atom. The predicted molar refractivity (Wildman–Crippen MR) is 121 cm³/mol. The lowest BCUT2D eigenvalue weighted by molar-refractivity contribution is -0.129. The highest BCUT2D eigenvalue weighted by molar-refractivity contribution is 7.89. The summed E-state index contributed by atoms with van der Waals surface area (Å²) in [6.07, 6.45) is 1.41. The molecular weight excluding hydrogens is 434 g/mol. The van der Waals surface area contributed by atoms with E-state index < -0.39 is 15.6 Å². The van der Waals surface area contributed by atoms with Gasteiger partial charge in [-0.05, 0) is 50.2 Å². The monoisotopic (exact) mass is 455 g/mol. The highest BCUT2D eigenvalue weighted by atomic mass is 32.2. The number of anilines is 6. The Morgan fingerprint density at radius 2 is 1.84 bits per heavy atom. The van der Waals surface area contributed by atoms with Crippen LogP contribution in [0.25, 0.3) is 0 Å². The fourth-order valence-corrected chi connectivity index (χ4v) is 3.52. The molecule has 0 bridgehead atoms. The van der Waals surface area contributed by atoms with E-state index in [1.54, 1.807) is 44.2 Å². The Kier molecular flexibility index (Phi) is 5.11. The van der Waals surface area contributed by atoms with Gasteiger partial charge in [-0.25, -0.2) is 18.5 Å². The number of sulfonamides is 1. The first-order chi connectivity index (χ1) is 15.0. The summed E-state index contributed by atoms with van der Waals surface area (Å²) >= 11 is 0. The number of aromatic nitrogens is 2. The van der Waals surface area contributed by atoms with E-state index in [0.29, 0.717) is 28.6 Å². The van der Waals surface area contributed by atoms with Crippen molar-refractivity contribution in [2.24, 2.45) is 5.14 Å². The summed E-state index contributed by atoms with van der Waals surface area (Å²) in [5, 5.41) is 14.0. The van der Waals surface area contributed by atoms with Gasteiger partial charge in [0.1, 0.15) is 5.75 Å².